The van der Waals surface area contributed by atoms with Crippen LogP contribution in [-0.2, 0) is 6.42 Å². The molecule has 2 rings (SSSR count). The van der Waals surface area contributed by atoms with E-state index in [1.54, 1.807) is 0 Å². The van der Waals surface area contributed by atoms with Crippen molar-refractivity contribution in [2.45, 2.75) is 20.3 Å². The fourth-order valence-electron chi connectivity index (χ4n) is 2.70. The Morgan fingerprint density at radius 1 is 1.33 bits per heavy atom. The van der Waals surface area contributed by atoms with Crippen molar-refractivity contribution < 1.29 is 4.79 Å². The molecule has 21 heavy (non-hydrogen) atoms. The number of benzene rings is 1. The molecule has 1 aromatic carbocycles. The third-order valence-corrected chi connectivity index (χ3v) is 4.02. The largest absolute Gasteiger partial charge is 0.322 e. The summed E-state index contributed by atoms with van der Waals surface area (Å²) in [5.74, 6) is 0. The molecule has 4 nitrogen and oxygen atoms in total. The number of para-hydroxylation sites is 1. The number of piperazine rings is 1. The van der Waals surface area contributed by atoms with Crippen molar-refractivity contribution in [3.63, 3.8) is 0 Å². The summed E-state index contributed by atoms with van der Waals surface area (Å²) in [5.41, 5.74) is 3.28. The van der Waals surface area contributed by atoms with Crippen molar-refractivity contribution in [2.24, 2.45) is 0 Å². The Labute approximate surface area is 127 Å². The topological polar surface area (TPSA) is 35.6 Å². The molecular weight excluding hydrogens is 262 g/mol. The highest BCUT2D eigenvalue weighted by Crippen LogP contribution is 2.21. The second-order valence-corrected chi connectivity index (χ2v) is 5.47. The zero-order valence-electron chi connectivity index (χ0n) is 13.1. The molecule has 1 N–H and O–H groups in total. The molecular formula is C17H25N3O. The van der Waals surface area contributed by atoms with E-state index in [0.717, 1.165) is 50.4 Å². The molecule has 1 fully saturated rings. The van der Waals surface area contributed by atoms with Gasteiger partial charge in [-0.2, -0.15) is 0 Å². The average molecular weight is 287 g/mol. The van der Waals surface area contributed by atoms with Crippen LogP contribution in [0.4, 0.5) is 10.5 Å². The van der Waals surface area contributed by atoms with Crippen molar-refractivity contribution in [3.05, 3.63) is 42.0 Å². The standard InChI is InChI=1S/C17H25N3O/c1-4-9-19-10-12-20(13-11-19)17(21)18-16-14(3)7-6-8-15(16)5-2/h4,6-8H,1,5,9-13H2,2-3H3,(H,18,21). The van der Waals surface area contributed by atoms with Crippen molar-refractivity contribution >= 4 is 11.7 Å². The highest BCUT2D eigenvalue weighted by Gasteiger charge is 2.21. The number of carbonyl (C=O) groups is 1. The summed E-state index contributed by atoms with van der Waals surface area (Å²) in [5, 5.41) is 3.09. The first-order valence-electron chi connectivity index (χ1n) is 7.63. The van der Waals surface area contributed by atoms with Crippen molar-refractivity contribution in [3.8, 4) is 0 Å². The van der Waals surface area contributed by atoms with E-state index < -0.39 is 0 Å². The Morgan fingerprint density at radius 3 is 2.67 bits per heavy atom. The van der Waals surface area contributed by atoms with Crippen LogP contribution in [0.1, 0.15) is 18.1 Å². The van der Waals surface area contributed by atoms with Crippen LogP contribution in [0.2, 0.25) is 0 Å². The van der Waals surface area contributed by atoms with Gasteiger partial charge in [0.15, 0.2) is 0 Å². The zero-order valence-corrected chi connectivity index (χ0v) is 13.1. The van der Waals surface area contributed by atoms with Gasteiger partial charge in [-0.3, -0.25) is 4.90 Å². The van der Waals surface area contributed by atoms with E-state index in [0.29, 0.717) is 0 Å². The second-order valence-electron chi connectivity index (χ2n) is 5.47. The highest BCUT2D eigenvalue weighted by molar-refractivity contribution is 5.91. The van der Waals surface area contributed by atoms with Crippen LogP contribution >= 0.6 is 0 Å². The molecule has 0 atom stereocenters. The van der Waals surface area contributed by atoms with Crippen molar-refractivity contribution in [2.75, 3.05) is 38.0 Å². The number of nitrogens with one attached hydrogen (secondary N) is 1. The summed E-state index contributed by atoms with van der Waals surface area (Å²) in [6.07, 6.45) is 2.83. The monoisotopic (exact) mass is 287 g/mol. The molecule has 1 aliphatic heterocycles. The van der Waals surface area contributed by atoms with Crippen LogP contribution in [0.3, 0.4) is 0 Å². The molecule has 0 radical (unpaired) electrons. The van der Waals surface area contributed by atoms with Gasteiger partial charge in [-0.05, 0) is 24.5 Å². The molecule has 0 unspecified atom stereocenters. The quantitative estimate of drug-likeness (QED) is 0.864. The van der Waals surface area contributed by atoms with E-state index in [4.69, 9.17) is 0 Å². The zero-order chi connectivity index (χ0) is 15.2. The fraction of sp³-hybridized carbons (Fsp3) is 0.471. The molecule has 4 heteroatoms. The summed E-state index contributed by atoms with van der Waals surface area (Å²) >= 11 is 0. The lowest BCUT2D eigenvalue weighted by molar-refractivity contribution is 0.155. The molecule has 1 heterocycles. The number of hydrogen-bond acceptors (Lipinski definition) is 2. The lowest BCUT2D eigenvalue weighted by atomic mass is 10.1. The third-order valence-electron chi connectivity index (χ3n) is 4.02. The molecule has 2 amide bonds. The van der Waals surface area contributed by atoms with E-state index >= 15 is 0 Å². The summed E-state index contributed by atoms with van der Waals surface area (Å²) < 4.78 is 0. The number of amides is 2. The Kier molecular flexibility index (Phi) is 5.39. The molecule has 114 valence electrons. The van der Waals surface area contributed by atoms with Gasteiger partial charge >= 0.3 is 6.03 Å². The second kappa shape index (κ2) is 7.27. The van der Waals surface area contributed by atoms with E-state index in [9.17, 15) is 4.79 Å². The maximum absolute atomic E-state index is 12.4. The van der Waals surface area contributed by atoms with Crippen molar-refractivity contribution in [1.29, 1.82) is 0 Å². The number of hydrogen-bond donors (Lipinski definition) is 1. The number of aryl methyl sites for hydroxylation is 2. The van der Waals surface area contributed by atoms with Gasteiger partial charge < -0.3 is 10.2 Å². The number of nitrogens with zero attached hydrogens (tertiary/aromatic N) is 2. The Morgan fingerprint density at radius 2 is 2.05 bits per heavy atom. The fourth-order valence-corrected chi connectivity index (χ4v) is 2.70. The first-order valence-corrected chi connectivity index (χ1v) is 7.63. The van der Waals surface area contributed by atoms with Gasteiger partial charge in [0.1, 0.15) is 0 Å². The van der Waals surface area contributed by atoms with Gasteiger partial charge in [0.2, 0.25) is 0 Å². The predicted octanol–water partition coefficient (Wildman–Crippen LogP) is 2.89. The highest BCUT2D eigenvalue weighted by atomic mass is 16.2. The molecule has 0 spiro atoms. The maximum Gasteiger partial charge on any atom is 0.321 e. The summed E-state index contributed by atoms with van der Waals surface area (Å²) in [7, 11) is 0. The van der Waals surface area contributed by atoms with Gasteiger partial charge in [0.25, 0.3) is 0 Å². The minimum Gasteiger partial charge on any atom is -0.322 e. The number of rotatable bonds is 4. The summed E-state index contributed by atoms with van der Waals surface area (Å²) in [6, 6.07) is 6.16. The molecule has 0 saturated carbocycles. The molecule has 1 saturated heterocycles. The molecule has 1 aliphatic rings. The van der Waals surface area contributed by atoms with Crippen LogP contribution < -0.4 is 5.32 Å². The van der Waals surface area contributed by atoms with Crippen LogP contribution in [0.25, 0.3) is 0 Å². The lowest BCUT2D eigenvalue weighted by Gasteiger charge is -2.34. The van der Waals surface area contributed by atoms with Gasteiger partial charge in [-0.1, -0.05) is 31.2 Å². The van der Waals surface area contributed by atoms with E-state index in [1.165, 1.54) is 5.56 Å². The number of urea groups is 1. The van der Waals surface area contributed by atoms with E-state index in [-0.39, 0.29) is 6.03 Å². The predicted molar refractivity (Wildman–Crippen MR) is 87.8 cm³/mol. The lowest BCUT2D eigenvalue weighted by Crippen LogP contribution is -2.50. The average Bonchev–Trinajstić information content (AvgIpc) is 2.50. The molecule has 0 aliphatic carbocycles. The number of carbonyl (C=O) groups excluding carboxylic acids is 1. The minimum absolute atomic E-state index is 0.0113. The van der Waals surface area contributed by atoms with Crippen LogP contribution in [0, 0.1) is 6.92 Å². The van der Waals surface area contributed by atoms with E-state index in [1.807, 2.05) is 30.0 Å². The van der Waals surface area contributed by atoms with Gasteiger partial charge in [-0.15, -0.1) is 6.58 Å². The first-order chi connectivity index (χ1) is 10.2. The maximum atomic E-state index is 12.4. The van der Waals surface area contributed by atoms with Gasteiger partial charge in [0, 0.05) is 38.4 Å². The summed E-state index contributed by atoms with van der Waals surface area (Å²) in [6.45, 7) is 12.2. The van der Waals surface area contributed by atoms with Gasteiger partial charge in [0.05, 0.1) is 0 Å². The SMILES string of the molecule is C=CCN1CCN(C(=O)Nc2c(C)cccc2CC)CC1. The Bertz CT molecular complexity index is 505. The number of anilines is 1. The first kappa shape index (κ1) is 15.6. The van der Waals surface area contributed by atoms with Crippen LogP contribution in [0.15, 0.2) is 30.9 Å². The van der Waals surface area contributed by atoms with Crippen LogP contribution in [0.5, 0.6) is 0 Å². The van der Waals surface area contributed by atoms with Crippen molar-refractivity contribution in [1.82, 2.24) is 9.80 Å². The molecule has 1 aromatic rings. The smallest absolute Gasteiger partial charge is 0.321 e. The van der Waals surface area contributed by atoms with E-state index in [2.05, 4.69) is 29.8 Å². The van der Waals surface area contributed by atoms with Crippen LogP contribution in [-0.4, -0.2) is 48.6 Å². The Hall–Kier alpha value is -1.81. The minimum atomic E-state index is 0.0113. The molecule has 0 aromatic heterocycles. The summed E-state index contributed by atoms with van der Waals surface area (Å²) in [4.78, 5) is 16.6. The third kappa shape index (κ3) is 3.85. The Balaban J connectivity index is 1.98. The normalized spacial score (nSPS) is 15.8. The molecule has 0 bridgehead atoms. The van der Waals surface area contributed by atoms with Gasteiger partial charge in [-0.25, -0.2) is 4.79 Å².